The minimum absolute atomic E-state index is 0.0428. The summed E-state index contributed by atoms with van der Waals surface area (Å²) in [6.07, 6.45) is -12.2. The lowest BCUT2D eigenvalue weighted by Crippen LogP contribution is -2.54. The normalized spacial score (nSPS) is 15.9. The molecule has 2 aliphatic rings. The zero-order valence-corrected chi connectivity index (χ0v) is 38.6. The molecule has 4 aromatic rings. The second-order valence-corrected chi connectivity index (χ2v) is 23.4. The molecule has 352 valence electrons. The topological polar surface area (TPSA) is 140 Å². The summed E-state index contributed by atoms with van der Waals surface area (Å²) in [5.74, 6) is -4.70. The number of alkyl halides is 6. The van der Waals surface area contributed by atoms with Gasteiger partial charge in [0.25, 0.3) is 17.7 Å². The molecule has 0 saturated carbocycles. The van der Waals surface area contributed by atoms with E-state index < -0.39 is 84.6 Å². The Kier molecular flexibility index (Phi) is 13.3. The van der Waals surface area contributed by atoms with Crippen LogP contribution in [0.5, 0.6) is 11.5 Å². The van der Waals surface area contributed by atoms with Crippen molar-refractivity contribution in [2.24, 2.45) is 5.41 Å². The average molecular weight is 941 g/mol. The van der Waals surface area contributed by atoms with Crippen molar-refractivity contribution >= 4 is 38.0 Å². The molecule has 0 spiro atoms. The van der Waals surface area contributed by atoms with Gasteiger partial charge in [0.05, 0.1) is 22.3 Å². The van der Waals surface area contributed by atoms with Crippen LogP contribution in [0.1, 0.15) is 129 Å². The zero-order chi connectivity index (χ0) is 48.9. The smallest absolute Gasteiger partial charge is 0.411 e. The molecule has 0 saturated heterocycles. The van der Waals surface area contributed by atoms with Crippen LogP contribution in [0.4, 0.5) is 26.3 Å². The Hall–Kier alpha value is -5.85. The zero-order valence-electron chi connectivity index (χ0n) is 37.6. The van der Waals surface area contributed by atoms with Crippen LogP contribution in [-0.2, 0) is 9.84 Å². The van der Waals surface area contributed by atoms with E-state index in [1.54, 1.807) is 0 Å². The molecule has 18 heteroatoms. The lowest BCUT2D eigenvalue weighted by Gasteiger charge is -2.38. The van der Waals surface area contributed by atoms with E-state index in [1.807, 2.05) is 54.6 Å². The van der Waals surface area contributed by atoms with E-state index in [2.05, 4.69) is 0 Å². The van der Waals surface area contributed by atoms with Crippen molar-refractivity contribution in [2.45, 2.75) is 103 Å². The lowest BCUT2D eigenvalue weighted by molar-refractivity contribution is -0.288. The molecule has 3 amide bonds. The van der Waals surface area contributed by atoms with Crippen molar-refractivity contribution in [2.75, 3.05) is 13.1 Å². The minimum atomic E-state index is -5.98. The van der Waals surface area contributed by atoms with Gasteiger partial charge in [0.2, 0.25) is 5.41 Å². The first kappa shape index (κ1) is 49.6. The van der Waals surface area contributed by atoms with Crippen LogP contribution in [0.25, 0.3) is 0 Å². The molecule has 4 aromatic carbocycles. The molecule has 6 rings (SSSR count). The number of imide groups is 1. The molecule has 0 aromatic heterocycles. The molecule has 1 N–H and O–H groups in total. The molecule has 1 atom stereocenters. The van der Waals surface area contributed by atoms with Gasteiger partial charge in [-0.1, -0.05) is 51.1 Å². The van der Waals surface area contributed by atoms with Crippen LogP contribution in [-0.4, -0.2) is 83.9 Å². The first-order valence-corrected chi connectivity index (χ1v) is 24.2. The average Bonchev–Trinajstić information content (AvgIpc) is 3.58. The van der Waals surface area contributed by atoms with Crippen molar-refractivity contribution in [3.63, 3.8) is 0 Å². The third-order valence-corrected chi connectivity index (χ3v) is 14.0. The Morgan fingerprint density at radius 1 is 0.636 bits per heavy atom. The van der Waals surface area contributed by atoms with Gasteiger partial charge in [-0.3, -0.25) is 19.3 Å². The molecule has 0 bridgehead atoms. The Labute approximate surface area is 378 Å². The summed E-state index contributed by atoms with van der Waals surface area (Å²) in [5.41, 5.74) is -7.71. The van der Waals surface area contributed by atoms with Gasteiger partial charge in [0.1, 0.15) is 11.5 Å². The van der Waals surface area contributed by atoms with Crippen molar-refractivity contribution in [1.82, 2.24) is 9.80 Å². The van der Waals surface area contributed by atoms with Crippen molar-refractivity contribution in [1.29, 1.82) is 0 Å². The van der Waals surface area contributed by atoms with Crippen LogP contribution in [0.15, 0.2) is 84.9 Å². The van der Waals surface area contributed by atoms with E-state index in [0.29, 0.717) is 43.2 Å². The fourth-order valence-corrected chi connectivity index (χ4v) is 11.0. The molecule has 2 heterocycles. The Bertz CT molecular complexity index is 2530. The number of hydrogen-bond acceptors (Lipinski definition) is 9. The van der Waals surface area contributed by atoms with Crippen molar-refractivity contribution in [3.8, 4) is 11.5 Å². The van der Waals surface area contributed by atoms with E-state index >= 15 is 0 Å². The summed E-state index contributed by atoms with van der Waals surface area (Å²) in [4.78, 5) is 68.1. The highest BCUT2D eigenvalue weighted by atomic mass is 28.4. The number of aliphatic hydroxyl groups excluding tert-OH is 1. The molecular weight excluding hydrogens is 891 g/mol. The highest BCUT2D eigenvalue weighted by molar-refractivity contribution is 6.71. The Morgan fingerprint density at radius 3 is 1.58 bits per heavy atom. The number of carbonyl (C=O) groups is 5. The predicted molar refractivity (Wildman–Crippen MR) is 232 cm³/mol. The summed E-state index contributed by atoms with van der Waals surface area (Å²) in [6, 6.07) is 13.3. The standard InChI is InChI=1S/C48H50F6N2O9Si/c1-44(2,3)22-24-56-39(58)35-21-11-29(27-37(35)41(56)60)43(62)64-33-18-14-31(15-19-33)46(47(49,50)51,48(52,53)54)30-12-16-32(17-13-30)63-42(61)28-10-20-34-36(26-28)40(59)55(38(34)57)23-9-25-66(7,8)65-45(4,5)6/h10-21,26-27,39,58H,9,22-25H2,1-8H3. The predicted octanol–water partition coefficient (Wildman–Crippen LogP) is 10.4. The molecule has 66 heavy (non-hydrogen) atoms. The van der Waals surface area contributed by atoms with Crippen LogP contribution in [0.2, 0.25) is 19.1 Å². The van der Waals surface area contributed by atoms with Gasteiger partial charge in [-0.25, -0.2) is 9.59 Å². The fourth-order valence-electron chi connectivity index (χ4n) is 8.23. The van der Waals surface area contributed by atoms with Gasteiger partial charge in [0.15, 0.2) is 14.5 Å². The maximum absolute atomic E-state index is 15.0. The molecular formula is C48H50F6N2O9Si. The number of ether oxygens (including phenoxy) is 2. The van der Waals surface area contributed by atoms with Gasteiger partial charge in [-0.2, -0.15) is 26.3 Å². The lowest BCUT2D eigenvalue weighted by atomic mass is 9.73. The maximum atomic E-state index is 15.0. The first-order chi connectivity index (χ1) is 30.4. The number of hydrogen-bond donors (Lipinski definition) is 1. The number of rotatable bonds is 13. The summed E-state index contributed by atoms with van der Waals surface area (Å²) >= 11 is 0. The fraction of sp³-hybridized carbons (Fsp3) is 0.396. The third kappa shape index (κ3) is 10.1. The SMILES string of the molecule is CC(C)(C)CCN1C(=O)c2cc(C(=O)Oc3ccc(C(c4ccc(OC(=O)c5ccc6c(c5)C(=O)N(CCC[Si](C)(C)OC(C)(C)C)C6=O)cc4)(C(F)(F)F)C(F)(F)F)cc3)ccc2C1O. The number of fused-ring (bicyclic) bond motifs is 2. The Morgan fingerprint density at radius 2 is 1.11 bits per heavy atom. The van der Waals surface area contributed by atoms with Crippen LogP contribution >= 0.6 is 0 Å². The number of benzene rings is 4. The van der Waals surface area contributed by atoms with Crippen molar-refractivity contribution < 1.29 is 69.3 Å². The summed E-state index contributed by atoms with van der Waals surface area (Å²) in [6.45, 7) is 16.2. The minimum Gasteiger partial charge on any atom is -0.423 e. The number of halogens is 6. The monoisotopic (exact) mass is 940 g/mol. The summed E-state index contributed by atoms with van der Waals surface area (Å²) in [5, 5.41) is 10.7. The highest BCUT2D eigenvalue weighted by Crippen LogP contribution is 2.56. The molecule has 1 unspecified atom stereocenters. The van der Waals surface area contributed by atoms with Crippen molar-refractivity contribution in [3.05, 3.63) is 129 Å². The number of amides is 3. The van der Waals surface area contributed by atoms with Gasteiger partial charge >= 0.3 is 24.3 Å². The number of nitrogens with zero attached hydrogens (tertiary/aromatic N) is 2. The van der Waals surface area contributed by atoms with Gasteiger partial charge < -0.3 is 23.9 Å². The van der Waals surface area contributed by atoms with Crippen LogP contribution < -0.4 is 9.47 Å². The quantitative estimate of drug-likeness (QED) is 0.0456. The first-order valence-electron chi connectivity index (χ1n) is 21.1. The highest BCUT2D eigenvalue weighted by Gasteiger charge is 2.72. The maximum Gasteiger partial charge on any atom is 0.411 e. The van der Waals surface area contributed by atoms with E-state index in [-0.39, 0.29) is 57.5 Å². The molecule has 0 radical (unpaired) electrons. The third-order valence-electron chi connectivity index (χ3n) is 11.3. The van der Waals surface area contributed by atoms with Gasteiger partial charge in [0, 0.05) is 29.8 Å². The second-order valence-electron chi connectivity index (χ2n) is 19.2. The Balaban J connectivity index is 1.16. The van der Waals surface area contributed by atoms with Crippen LogP contribution in [0, 0.1) is 5.41 Å². The van der Waals surface area contributed by atoms with Gasteiger partial charge in [-0.15, -0.1) is 0 Å². The molecule has 0 fully saturated rings. The summed E-state index contributed by atoms with van der Waals surface area (Å²) in [7, 11) is -2.12. The van der Waals surface area contributed by atoms with E-state index in [4.69, 9.17) is 13.9 Å². The second kappa shape index (κ2) is 17.7. The van der Waals surface area contributed by atoms with E-state index in [1.165, 1.54) is 35.2 Å². The van der Waals surface area contributed by atoms with E-state index in [9.17, 15) is 55.4 Å². The van der Waals surface area contributed by atoms with Crippen LogP contribution in [0.3, 0.4) is 0 Å². The van der Waals surface area contributed by atoms with Gasteiger partial charge in [-0.05, 0) is 124 Å². The summed E-state index contributed by atoms with van der Waals surface area (Å²) < 4.78 is 107. The number of esters is 2. The number of carbonyl (C=O) groups excluding carboxylic acids is 5. The molecule has 0 aliphatic carbocycles. The number of aliphatic hydroxyl groups is 1. The molecule has 2 aliphatic heterocycles. The molecule has 11 nitrogen and oxygen atoms in total. The largest absolute Gasteiger partial charge is 0.423 e. The van der Waals surface area contributed by atoms with E-state index in [0.717, 1.165) is 35.2 Å².